The third kappa shape index (κ3) is 3.72. The number of benzene rings is 1. The Morgan fingerprint density at radius 2 is 1.95 bits per heavy atom. The molecule has 0 spiro atoms. The van der Waals surface area contributed by atoms with Crippen LogP contribution in [-0.2, 0) is 9.53 Å². The zero-order valence-electron chi connectivity index (χ0n) is 13.0. The number of nitrogens with zero attached hydrogens (tertiary/aromatic N) is 1. The predicted octanol–water partition coefficient (Wildman–Crippen LogP) is 2.78. The Morgan fingerprint density at radius 3 is 2.55 bits per heavy atom. The van der Waals surface area contributed by atoms with Gasteiger partial charge in [0.15, 0.2) is 11.9 Å². The first kappa shape index (κ1) is 15.8. The number of esters is 1. The lowest BCUT2D eigenvalue weighted by atomic mass is 10.1. The van der Waals surface area contributed by atoms with Crippen LogP contribution >= 0.6 is 0 Å². The van der Waals surface area contributed by atoms with Crippen molar-refractivity contribution in [3.05, 3.63) is 46.7 Å². The van der Waals surface area contributed by atoms with Crippen molar-refractivity contribution in [3.8, 4) is 0 Å². The van der Waals surface area contributed by atoms with Crippen LogP contribution in [0.25, 0.3) is 0 Å². The molecule has 0 radical (unpaired) electrons. The molecule has 116 valence electrons. The summed E-state index contributed by atoms with van der Waals surface area (Å²) in [4.78, 5) is 24.1. The van der Waals surface area contributed by atoms with E-state index < -0.39 is 18.0 Å². The van der Waals surface area contributed by atoms with Crippen molar-refractivity contribution in [1.82, 2.24) is 5.16 Å². The summed E-state index contributed by atoms with van der Waals surface area (Å²) in [6, 6.07) is 6.99. The number of hydrogen-bond donors (Lipinski definition) is 1. The molecule has 2 rings (SSSR count). The molecule has 1 atom stereocenters. The van der Waals surface area contributed by atoms with Crippen LogP contribution in [0.1, 0.15) is 34.2 Å². The molecule has 6 nitrogen and oxygen atoms in total. The fourth-order valence-corrected chi connectivity index (χ4v) is 1.97. The van der Waals surface area contributed by atoms with Crippen LogP contribution in [0.4, 0.5) is 5.82 Å². The maximum absolute atomic E-state index is 12.1. The van der Waals surface area contributed by atoms with E-state index in [-0.39, 0.29) is 5.82 Å². The minimum absolute atomic E-state index is 0.289. The molecule has 1 aromatic heterocycles. The van der Waals surface area contributed by atoms with Gasteiger partial charge in [-0.2, -0.15) is 0 Å². The first-order valence-corrected chi connectivity index (χ1v) is 6.89. The molecule has 1 aromatic carbocycles. The van der Waals surface area contributed by atoms with Gasteiger partial charge in [0, 0.05) is 6.07 Å². The second-order valence-electron chi connectivity index (χ2n) is 5.18. The number of rotatable bonds is 4. The first-order valence-electron chi connectivity index (χ1n) is 6.89. The number of nitrogens with one attached hydrogen (secondary N) is 1. The molecule has 0 aliphatic carbocycles. The maximum atomic E-state index is 12.1. The average Bonchev–Trinajstić information content (AvgIpc) is 2.83. The van der Waals surface area contributed by atoms with Crippen LogP contribution in [0.5, 0.6) is 0 Å². The van der Waals surface area contributed by atoms with Gasteiger partial charge in [-0.05, 0) is 39.3 Å². The van der Waals surface area contributed by atoms with Gasteiger partial charge in [-0.3, -0.25) is 4.79 Å². The number of aryl methyl sites for hydroxylation is 3. The van der Waals surface area contributed by atoms with Gasteiger partial charge in [-0.1, -0.05) is 22.9 Å². The molecular weight excluding hydrogens is 284 g/mol. The number of ether oxygens (including phenoxy) is 1. The summed E-state index contributed by atoms with van der Waals surface area (Å²) < 4.78 is 10.0. The molecule has 0 aliphatic heterocycles. The van der Waals surface area contributed by atoms with E-state index >= 15 is 0 Å². The van der Waals surface area contributed by atoms with E-state index in [1.54, 1.807) is 19.1 Å². The minimum atomic E-state index is -0.940. The van der Waals surface area contributed by atoms with Crippen molar-refractivity contribution in [2.45, 2.75) is 33.8 Å². The number of hydrogen-bond acceptors (Lipinski definition) is 5. The molecule has 1 unspecified atom stereocenters. The molecule has 2 aromatic rings. The highest BCUT2D eigenvalue weighted by atomic mass is 16.5. The van der Waals surface area contributed by atoms with Gasteiger partial charge >= 0.3 is 5.97 Å². The van der Waals surface area contributed by atoms with Crippen LogP contribution in [0.15, 0.2) is 28.8 Å². The van der Waals surface area contributed by atoms with Crippen molar-refractivity contribution in [2.75, 3.05) is 5.32 Å². The summed E-state index contributed by atoms with van der Waals surface area (Å²) in [6.07, 6.45) is -0.940. The van der Waals surface area contributed by atoms with Crippen LogP contribution in [-0.4, -0.2) is 23.1 Å². The fraction of sp³-hybridized carbons (Fsp3) is 0.312. The Hall–Kier alpha value is -2.63. The van der Waals surface area contributed by atoms with Gasteiger partial charge in [0.1, 0.15) is 5.76 Å². The quantitative estimate of drug-likeness (QED) is 0.878. The molecule has 0 bridgehead atoms. The van der Waals surface area contributed by atoms with Crippen molar-refractivity contribution >= 4 is 17.7 Å². The van der Waals surface area contributed by atoms with Gasteiger partial charge in [0.2, 0.25) is 0 Å². The third-order valence-corrected chi connectivity index (χ3v) is 3.13. The highest BCUT2D eigenvalue weighted by molar-refractivity contribution is 5.97. The summed E-state index contributed by atoms with van der Waals surface area (Å²) in [5.74, 6) is -0.130. The van der Waals surface area contributed by atoms with Crippen LogP contribution in [0.3, 0.4) is 0 Å². The van der Waals surface area contributed by atoms with E-state index in [9.17, 15) is 9.59 Å². The number of carbonyl (C=O) groups is 2. The monoisotopic (exact) mass is 302 g/mol. The van der Waals surface area contributed by atoms with Gasteiger partial charge in [0.25, 0.3) is 5.91 Å². The summed E-state index contributed by atoms with van der Waals surface area (Å²) in [6.45, 7) is 6.99. The Kier molecular flexibility index (Phi) is 4.60. The molecule has 1 N–H and O–H groups in total. The Balaban J connectivity index is 1.99. The van der Waals surface area contributed by atoms with Crippen molar-refractivity contribution in [3.63, 3.8) is 0 Å². The molecule has 0 saturated carbocycles. The van der Waals surface area contributed by atoms with Crippen molar-refractivity contribution in [1.29, 1.82) is 0 Å². The van der Waals surface area contributed by atoms with Gasteiger partial charge in [-0.25, -0.2) is 4.79 Å². The highest BCUT2D eigenvalue weighted by Crippen LogP contribution is 2.14. The normalized spacial score (nSPS) is 11.8. The van der Waals surface area contributed by atoms with Gasteiger partial charge in [-0.15, -0.1) is 0 Å². The van der Waals surface area contributed by atoms with Crippen molar-refractivity contribution < 1.29 is 18.8 Å². The lowest BCUT2D eigenvalue weighted by molar-refractivity contribution is -0.123. The number of amides is 1. The molecule has 0 aliphatic rings. The fourth-order valence-electron chi connectivity index (χ4n) is 1.97. The van der Waals surface area contributed by atoms with Crippen LogP contribution < -0.4 is 5.32 Å². The molecular formula is C16H18N2O4. The van der Waals surface area contributed by atoms with E-state index in [4.69, 9.17) is 9.26 Å². The van der Waals surface area contributed by atoms with E-state index in [0.29, 0.717) is 11.3 Å². The summed E-state index contributed by atoms with van der Waals surface area (Å²) >= 11 is 0. The lowest BCUT2D eigenvalue weighted by Crippen LogP contribution is -2.30. The second kappa shape index (κ2) is 6.43. The highest BCUT2D eigenvalue weighted by Gasteiger charge is 2.21. The number of anilines is 1. The van der Waals surface area contributed by atoms with Crippen LogP contribution in [0.2, 0.25) is 0 Å². The smallest absolute Gasteiger partial charge is 0.339 e. The largest absolute Gasteiger partial charge is 0.449 e. The minimum Gasteiger partial charge on any atom is -0.449 e. The maximum Gasteiger partial charge on any atom is 0.339 e. The third-order valence-electron chi connectivity index (χ3n) is 3.13. The molecule has 0 saturated heterocycles. The molecule has 0 fully saturated rings. The summed E-state index contributed by atoms with van der Waals surface area (Å²) in [5.41, 5.74) is 2.31. The molecule has 6 heteroatoms. The van der Waals surface area contributed by atoms with E-state index in [1.165, 1.54) is 6.92 Å². The van der Waals surface area contributed by atoms with E-state index in [2.05, 4.69) is 10.5 Å². The SMILES string of the molecule is Cc1ccc(C(=O)OC(C)C(=O)Nc2cc(C)on2)c(C)c1. The topological polar surface area (TPSA) is 81.4 Å². The zero-order valence-corrected chi connectivity index (χ0v) is 13.0. The van der Waals surface area contributed by atoms with Crippen LogP contribution in [0, 0.1) is 20.8 Å². The molecule has 1 amide bonds. The second-order valence-corrected chi connectivity index (χ2v) is 5.18. The Bertz CT molecular complexity index is 706. The standard InChI is InChI=1S/C16H18N2O4/c1-9-5-6-13(10(2)7-9)16(20)21-12(4)15(19)17-14-8-11(3)22-18-14/h5-8,12H,1-4H3,(H,17,18,19). The lowest BCUT2D eigenvalue weighted by Gasteiger charge is -2.13. The number of carbonyl (C=O) groups excluding carboxylic acids is 2. The molecule has 22 heavy (non-hydrogen) atoms. The number of aromatic nitrogens is 1. The predicted molar refractivity (Wildman–Crippen MR) is 80.7 cm³/mol. The van der Waals surface area contributed by atoms with E-state index in [0.717, 1.165) is 11.1 Å². The summed E-state index contributed by atoms with van der Waals surface area (Å²) in [7, 11) is 0. The molecule has 1 heterocycles. The summed E-state index contributed by atoms with van der Waals surface area (Å²) in [5, 5.41) is 6.17. The van der Waals surface area contributed by atoms with Crippen molar-refractivity contribution in [2.24, 2.45) is 0 Å². The van der Waals surface area contributed by atoms with Gasteiger partial charge < -0.3 is 14.6 Å². The average molecular weight is 302 g/mol. The first-order chi connectivity index (χ1) is 10.4. The van der Waals surface area contributed by atoms with Gasteiger partial charge in [0.05, 0.1) is 5.56 Å². The zero-order chi connectivity index (χ0) is 16.3. The Labute approximate surface area is 128 Å². The van der Waals surface area contributed by atoms with E-state index in [1.807, 2.05) is 26.0 Å². The Morgan fingerprint density at radius 1 is 1.23 bits per heavy atom.